The van der Waals surface area contributed by atoms with Crippen LogP contribution in [0.4, 0.5) is 28.4 Å². The minimum atomic E-state index is -3.66. The molecule has 0 aliphatic rings. The lowest BCUT2D eigenvalue weighted by Crippen LogP contribution is -2.05. The summed E-state index contributed by atoms with van der Waals surface area (Å²) < 4.78 is 54.0. The third-order valence-corrected chi connectivity index (χ3v) is 9.97. The highest BCUT2D eigenvalue weighted by molar-refractivity contribution is 7.91. The molecular weight excluding hydrogens is 582 g/mol. The molecule has 0 saturated carbocycles. The molecule has 0 radical (unpaired) electrons. The number of rotatable bonds is 10. The van der Waals surface area contributed by atoms with Crippen molar-refractivity contribution in [2.75, 3.05) is 31.0 Å². The predicted octanol–water partition coefficient (Wildman–Crippen LogP) is 6.72. The van der Waals surface area contributed by atoms with Gasteiger partial charge in [-0.15, -0.1) is 15.3 Å². The van der Waals surface area contributed by atoms with Crippen LogP contribution in [0.2, 0.25) is 0 Å². The quantitative estimate of drug-likeness (QED) is 0.165. The second kappa shape index (κ2) is 12.1. The van der Waals surface area contributed by atoms with E-state index in [0.717, 1.165) is 6.07 Å². The molecule has 0 fully saturated rings. The lowest BCUT2D eigenvalue weighted by atomic mass is 10.1. The number of nitrogens with one attached hydrogen (secondary N) is 1. The summed E-state index contributed by atoms with van der Waals surface area (Å²) in [4.78, 5) is 0.0341. The Hall–Kier alpha value is -4.56. The number of ether oxygens (including phenoxy) is 1. The van der Waals surface area contributed by atoms with Crippen LogP contribution in [0.25, 0.3) is 10.8 Å². The van der Waals surface area contributed by atoms with Gasteiger partial charge in [0.2, 0.25) is 0 Å². The Morgan fingerprint density at radius 2 is 1.40 bits per heavy atom. The van der Waals surface area contributed by atoms with E-state index in [1.807, 2.05) is 0 Å². The Labute approximate surface area is 243 Å². The van der Waals surface area contributed by atoms with Crippen molar-refractivity contribution >= 4 is 58.9 Å². The normalized spacial score (nSPS) is 12.4. The molecule has 4 rings (SSSR count). The summed E-state index contributed by atoms with van der Waals surface area (Å²) in [5.74, 6) is -0.816. The van der Waals surface area contributed by atoms with Crippen molar-refractivity contribution in [3.8, 4) is 17.2 Å². The van der Waals surface area contributed by atoms with Crippen molar-refractivity contribution in [2.24, 2.45) is 20.5 Å². The highest BCUT2D eigenvalue weighted by atomic mass is 32.2. The van der Waals surface area contributed by atoms with Crippen LogP contribution in [0, 0.1) is 0 Å². The van der Waals surface area contributed by atoms with Gasteiger partial charge < -0.3 is 20.3 Å². The molecule has 3 N–H and O–H groups in total. The van der Waals surface area contributed by atoms with E-state index < -0.39 is 25.4 Å². The molecule has 4 aromatic rings. The van der Waals surface area contributed by atoms with Gasteiger partial charge in [-0.1, -0.05) is 13.8 Å². The molecule has 0 spiro atoms. The van der Waals surface area contributed by atoms with Gasteiger partial charge >= 0.3 is 0 Å². The number of hydrogen-bond acceptors (Lipinski definition) is 12. The third-order valence-electron chi connectivity index (χ3n) is 6.47. The lowest BCUT2D eigenvalue weighted by molar-refractivity contribution is 0.399. The zero-order valence-corrected chi connectivity index (χ0v) is 24.9. The fourth-order valence-corrected chi connectivity index (χ4v) is 5.97. The fraction of sp³-hybridized carbons (Fsp3) is 0.214. The molecule has 14 heteroatoms. The average Bonchev–Trinajstić information content (AvgIpc) is 2.99. The summed E-state index contributed by atoms with van der Waals surface area (Å²) in [6, 6.07) is 14.9. The standard InChI is InChI=1S/C28H29N5O7S2/c1-5-41(36,37)18-9-7-17(8-10-18)30-33-27-19-11-14-22(28(35)20(19)12-13-21(27)29-3)31-32-23-15-25(40-4)26(16-24(23)34)42(38,39)6-2/h7-16,29,34-35H,5-6H2,1-4H3/b32-31+,33-30+. The Morgan fingerprint density at radius 3 is 2.02 bits per heavy atom. The van der Waals surface area contributed by atoms with E-state index in [4.69, 9.17) is 4.74 Å². The molecule has 0 unspecified atom stereocenters. The molecule has 0 saturated heterocycles. The maximum absolute atomic E-state index is 12.3. The van der Waals surface area contributed by atoms with Gasteiger partial charge in [-0.05, 0) is 48.5 Å². The first-order chi connectivity index (χ1) is 19.9. The van der Waals surface area contributed by atoms with Crippen LogP contribution < -0.4 is 10.1 Å². The van der Waals surface area contributed by atoms with E-state index in [1.165, 1.54) is 38.3 Å². The highest BCUT2D eigenvalue weighted by Gasteiger charge is 2.21. The molecule has 0 atom stereocenters. The lowest BCUT2D eigenvalue weighted by Gasteiger charge is -2.11. The molecule has 0 amide bonds. The zero-order valence-electron chi connectivity index (χ0n) is 23.2. The third kappa shape index (κ3) is 6.04. The number of azo groups is 2. The number of phenolic OH excluding ortho intramolecular Hbond substituents is 2. The van der Waals surface area contributed by atoms with Crippen molar-refractivity contribution in [3.05, 3.63) is 60.7 Å². The maximum Gasteiger partial charge on any atom is 0.181 e. The van der Waals surface area contributed by atoms with E-state index in [1.54, 1.807) is 44.3 Å². The van der Waals surface area contributed by atoms with Crippen LogP contribution >= 0.6 is 0 Å². The highest BCUT2D eigenvalue weighted by Crippen LogP contribution is 2.44. The van der Waals surface area contributed by atoms with Gasteiger partial charge in [-0.2, -0.15) is 5.11 Å². The molecule has 0 heterocycles. The Bertz CT molecular complexity index is 1920. The van der Waals surface area contributed by atoms with Crippen molar-refractivity contribution in [1.29, 1.82) is 0 Å². The van der Waals surface area contributed by atoms with Gasteiger partial charge in [0.05, 0.1) is 34.9 Å². The van der Waals surface area contributed by atoms with Crippen molar-refractivity contribution in [2.45, 2.75) is 23.6 Å². The van der Waals surface area contributed by atoms with Crippen LogP contribution in [0.5, 0.6) is 17.2 Å². The first kappa shape index (κ1) is 30.4. The largest absolute Gasteiger partial charge is 0.506 e. The smallest absolute Gasteiger partial charge is 0.181 e. The summed E-state index contributed by atoms with van der Waals surface area (Å²) in [6.07, 6.45) is 0. The number of aromatic hydroxyl groups is 2. The van der Waals surface area contributed by atoms with Crippen molar-refractivity contribution in [1.82, 2.24) is 0 Å². The SMILES string of the molecule is CCS(=O)(=O)c1ccc(/N=N/c2c(NC)ccc3c(O)c(/N=N/c4cc(OC)c(S(=O)(=O)CC)cc4O)ccc23)cc1. The monoisotopic (exact) mass is 611 g/mol. The first-order valence-corrected chi connectivity index (χ1v) is 16.0. The van der Waals surface area contributed by atoms with Crippen LogP contribution in [0.3, 0.4) is 0 Å². The minimum absolute atomic E-state index is 0.00237. The molecular formula is C28H29N5O7S2. The predicted molar refractivity (Wildman–Crippen MR) is 160 cm³/mol. The number of benzene rings is 4. The number of sulfone groups is 2. The number of anilines is 1. The van der Waals surface area contributed by atoms with Gasteiger partial charge in [0, 0.05) is 30.0 Å². The summed E-state index contributed by atoms with van der Waals surface area (Å²) in [5.41, 5.74) is 1.52. The Balaban J connectivity index is 1.71. The van der Waals surface area contributed by atoms with Gasteiger partial charge in [-0.3, -0.25) is 0 Å². The molecule has 0 aliphatic carbocycles. The van der Waals surface area contributed by atoms with E-state index in [9.17, 15) is 27.0 Å². The molecule has 0 aliphatic heterocycles. The summed E-state index contributed by atoms with van der Waals surface area (Å²) >= 11 is 0. The molecule has 12 nitrogen and oxygen atoms in total. The van der Waals surface area contributed by atoms with Crippen LogP contribution in [-0.2, 0) is 19.7 Å². The second-order valence-corrected chi connectivity index (χ2v) is 13.5. The molecule has 0 bridgehead atoms. The van der Waals surface area contributed by atoms with Crippen LogP contribution in [-0.4, -0.2) is 52.7 Å². The number of phenols is 2. The minimum Gasteiger partial charge on any atom is -0.506 e. The average molecular weight is 612 g/mol. The van der Waals surface area contributed by atoms with E-state index in [2.05, 4.69) is 25.8 Å². The maximum atomic E-state index is 12.3. The van der Waals surface area contributed by atoms with Gasteiger partial charge in [-0.25, -0.2) is 16.8 Å². The summed E-state index contributed by atoms with van der Waals surface area (Å²) in [5, 5.41) is 42.1. The number of nitrogens with zero attached hydrogens (tertiary/aromatic N) is 4. The number of methoxy groups -OCH3 is 1. The van der Waals surface area contributed by atoms with Gasteiger partial charge in [0.25, 0.3) is 0 Å². The van der Waals surface area contributed by atoms with E-state index in [0.29, 0.717) is 27.8 Å². The van der Waals surface area contributed by atoms with Gasteiger partial charge in [0.1, 0.15) is 33.5 Å². The fourth-order valence-electron chi connectivity index (χ4n) is 4.03. The molecule has 4 aromatic carbocycles. The topological polar surface area (TPSA) is 179 Å². The van der Waals surface area contributed by atoms with E-state index in [-0.39, 0.29) is 44.2 Å². The number of fused-ring (bicyclic) bond motifs is 1. The van der Waals surface area contributed by atoms with Crippen LogP contribution in [0.15, 0.2) is 90.9 Å². The summed E-state index contributed by atoms with van der Waals surface area (Å²) in [7, 11) is -3.99. The Kier molecular flexibility index (Phi) is 8.78. The molecule has 42 heavy (non-hydrogen) atoms. The zero-order chi connectivity index (χ0) is 30.7. The first-order valence-electron chi connectivity index (χ1n) is 12.7. The van der Waals surface area contributed by atoms with Crippen molar-refractivity contribution in [3.63, 3.8) is 0 Å². The van der Waals surface area contributed by atoms with E-state index >= 15 is 0 Å². The second-order valence-electron chi connectivity index (χ2n) is 8.93. The Morgan fingerprint density at radius 1 is 0.762 bits per heavy atom. The molecule has 220 valence electrons. The van der Waals surface area contributed by atoms with Crippen LogP contribution in [0.1, 0.15) is 13.8 Å². The molecule has 0 aromatic heterocycles. The van der Waals surface area contributed by atoms with Crippen molar-refractivity contribution < 1.29 is 31.8 Å². The van der Waals surface area contributed by atoms with Gasteiger partial charge in [0.15, 0.2) is 25.4 Å². The number of hydrogen-bond donors (Lipinski definition) is 3. The summed E-state index contributed by atoms with van der Waals surface area (Å²) in [6.45, 7) is 3.05.